The van der Waals surface area contributed by atoms with E-state index in [-0.39, 0.29) is 26.6 Å². The fourth-order valence-electron chi connectivity index (χ4n) is 10.8. The molecule has 2 fully saturated rings. The zero-order valence-corrected chi connectivity index (χ0v) is 31.1. The summed E-state index contributed by atoms with van der Waals surface area (Å²) in [5, 5.41) is 39.6. The van der Waals surface area contributed by atoms with Crippen molar-refractivity contribution in [2.45, 2.75) is 174 Å². The summed E-state index contributed by atoms with van der Waals surface area (Å²) in [5.41, 5.74) is -4.97. The molecule has 256 valence electrons. The second kappa shape index (κ2) is 11.2. The van der Waals surface area contributed by atoms with Crippen LogP contribution < -0.4 is 10.2 Å². The topological polar surface area (TPSA) is 100 Å². The maximum absolute atomic E-state index is 14.4. The van der Waals surface area contributed by atoms with Gasteiger partial charge in [-0.1, -0.05) is 33.8 Å². The number of benzene rings is 1. The highest BCUT2D eigenvalue weighted by molar-refractivity contribution is 5.98. The van der Waals surface area contributed by atoms with Gasteiger partial charge in [0, 0.05) is 32.1 Å². The highest BCUT2D eigenvalue weighted by atomic mass is 16.4. The molecular weight excluding hydrogens is 564 g/mol. The summed E-state index contributed by atoms with van der Waals surface area (Å²) in [5.74, 6) is -3.23. The molecule has 7 heteroatoms. The van der Waals surface area contributed by atoms with Gasteiger partial charge in [-0.2, -0.15) is 0 Å². The van der Waals surface area contributed by atoms with Crippen LogP contribution in [0.4, 0.5) is 0 Å². The molecule has 0 atom stereocenters. The van der Waals surface area contributed by atoms with E-state index in [2.05, 4.69) is 69.5 Å². The first-order chi connectivity index (χ1) is 20.2. The lowest BCUT2D eigenvalue weighted by molar-refractivity contribution is -1.23. The Hall–Kier alpha value is -2.12. The lowest BCUT2D eigenvalue weighted by atomic mass is 9.56. The van der Waals surface area contributed by atoms with E-state index in [0.29, 0.717) is 18.4 Å². The van der Waals surface area contributed by atoms with Crippen LogP contribution in [0.2, 0.25) is 0 Å². The molecule has 1 aromatic rings. The van der Waals surface area contributed by atoms with E-state index in [1.165, 1.54) is 6.07 Å². The predicted octanol–water partition coefficient (Wildman–Crippen LogP) is 5.59. The number of hydrogen-bond acceptors (Lipinski definition) is 5. The molecule has 0 unspecified atom stereocenters. The summed E-state index contributed by atoms with van der Waals surface area (Å²) in [4.78, 5) is 28.7. The zero-order chi connectivity index (χ0) is 34.9. The van der Waals surface area contributed by atoms with Gasteiger partial charge in [-0.15, -0.1) is 0 Å². The van der Waals surface area contributed by atoms with Crippen molar-refractivity contribution in [2.24, 2.45) is 5.41 Å². The van der Waals surface area contributed by atoms with Gasteiger partial charge < -0.3 is 24.9 Å². The number of rotatable bonds is 9. The molecule has 45 heavy (non-hydrogen) atoms. The third kappa shape index (κ3) is 4.96. The molecule has 0 amide bonds. The number of likely N-dealkylation sites (tertiary alicyclic amines) is 2. The minimum atomic E-state index is -2.47. The minimum absolute atomic E-state index is 0.0119. The van der Waals surface area contributed by atoms with E-state index in [9.17, 15) is 24.9 Å². The molecular formula is C38H64N2O5. The van der Waals surface area contributed by atoms with Crippen molar-refractivity contribution in [3.05, 3.63) is 29.3 Å². The zero-order valence-electron chi connectivity index (χ0n) is 31.1. The first kappa shape index (κ1) is 37.3. The molecule has 2 aliphatic heterocycles. The summed E-state index contributed by atoms with van der Waals surface area (Å²) in [6.45, 7) is 25.7. The lowest BCUT2D eigenvalue weighted by Gasteiger charge is -2.79. The van der Waals surface area contributed by atoms with Gasteiger partial charge in [0.1, 0.15) is 5.75 Å². The van der Waals surface area contributed by atoms with Crippen LogP contribution in [-0.2, 0) is 21.4 Å². The average Bonchev–Trinajstić information content (AvgIpc) is 2.86. The normalized spacial score (nSPS) is 23.7. The van der Waals surface area contributed by atoms with Gasteiger partial charge in [-0.25, -0.2) is 0 Å². The van der Waals surface area contributed by atoms with Crippen LogP contribution in [0, 0.1) is 5.41 Å². The fourth-order valence-corrected chi connectivity index (χ4v) is 10.8. The van der Waals surface area contributed by atoms with E-state index in [1.54, 1.807) is 6.07 Å². The number of carboxylic acids is 2. The number of nitrogens with zero attached hydrogens (tertiary/aromatic N) is 2. The van der Waals surface area contributed by atoms with Crippen molar-refractivity contribution < 1.29 is 33.9 Å². The molecule has 0 aliphatic carbocycles. The Morgan fingerprint density at radius 1 is 0.756 bits per heavy atom. The lowest BCUT2D eigenvalue weighted by Crippen LogP contribution is -2.98. The molecule has 3 rings (SSSR count). The molecule has 0 radical (unpaired) electrons. The smallest absolute Gasteiger partial charge is 0.243 e. The van der Waals surface area contributed by atoms with Gasteiger partial charge in [-0.3, -0.25) is 8.97 Å². The molecule has 1 aromatic carbocycles. The third-order valence-electron chi connectivity index (χ3n) is 13.8. The maximum atomic E-state index is 14.4. The molecule has 7 nitrogen and oxygen atoms in total. The molecule has 1 N–H and O–H groups in total. The van der Waals surface area contributed by atoms with Gasteiger partial charge in [0.15, 0.2) is 5.41 Å². The average molecular weight is 629 g/mol. The Morgan fingerprint density at radius 3 is 1.44 bits per heavy atom. The van der Waals surface area contributed by atoms with Crippen LogP contribution in [0.5, 0.6) is 5.75 Å². The molecule has 2 saturated heterocycles. The Morgan fingerprint density at radius 2 is 1.13 bits per heavy atom. The van der Waals surface area contributed by atoms with Crippen LogP contribution in [0.25, 0.3) is 0 Å². The number of carboxylic acid groups (broad SMARTS) is 2. The SMILES string of the molecule is CCCC(C(Cc1cc(O)cc(C(C)(C)C)c1)(C(=O)[O-])C(=O)[O-])([N+]1(C)C(C)(C)CCCC1(C)C)[N+]1(C)C(C)(C)CCCC1(C)C. The quantitative estimate of drug-likeness (QED) is 0.284. The van der Waals surface area contributed by atoms with Crippen molar-refractivity contribution in [1.29, 1.82) is 0 Å². The highest BCUT2D eigenvalue weighted by Gasteiger charge is 2.83. The van der Waals surface area contributed by atoms with Gasteiger partial charge in [0.2, 0.25) is 5.66 Å². The Kier molecular flexibility index (Phi) is 9.33. The highest BCUT2D eigenvalue weighted by Crippen LogP contribution is 2.66. The van der Waals surface area contributed by atoms with Crippen LogP contribution in [0.1, 0.15) is 146 Å². The summed E-state index contributed by atoms with van der Waals surface area (Å²) in [6, 6.07) is 5.08. The molecule has 0 bridgehead atoms. The summed E-state index contributed by atoms with van der Waals surface area (Å²) in [7, 11) is 4.31. The number of carbonyl (C=O) groups is 2. The van der Waals surface area contributed by atoms with Gasteiger partial charge in [0.05, 0.1) is 54.6 Å². The van der Waals surface area contributed by atoms with Crippen molar-refractivity contribution in [3.8, 4) is 5.75 Å². The first-order valence-corrected chi connectivity index (χ1v) is 17.2. The monoisotopic (exact) mass is 628 g/mol. The molecule has 2 heterocycles. The van der Waals surface area contributed by atoms with Crippen molar-refractivity contribution in [3.63, 3.8) is 0 Å². The van der Waals surface area contributed by atoms with E-state index < -0.39 is 45.2 Å². The van der Waals surface area contributed by atoms with Crippen molar-refractivity contribution >= 4 is 11.9 Å². The summed E-state index contributed by atoms with van der Waals surface area (Å²) >= 11 is 0. The van der Waals surface area contributed by atoms with Gasteiger partial charge >= 0.3 is 0 Å². The maximum Gasteiger partial charge on any atom is 0.243 e. The van der Waals surface area contributed by atoms with Gasteiger partial charge in [0.25, 0.3) is 0 Å². The Labute approximate surface area is 274 Å². The number of aromatic hydroxyl groups is 1. The second-order valence-corrected chi connectivity index (χ2v) is 18.3. The van der Waals surface area contributed by atoms with Crippen molar-refractivity contribution in [1.82, 2.24) is 0 Å². The van der Waals surface area contributed by atoms with E-state index in [1.807, 2.05) is 33.8 Å². The molecule has 2 aliphatic rings. The first-order valence-electron chi connectivity index (χ1n) is 17.2. The van der Waals surface area contributed by atoms with Crippen LogP contribution in [-0.4, -0.2) is 67.9 Å². The van der Waals surface area contributed by atoms with Crippen molar-refractivity contribution in [2.75, 3.05) is 14.1 Å². The summed E-state index contributed by atoms with van der Waals surface area (Å²) in [6.07, 6.45) is 5.82. The number of phenolic OH excluding ortho intramolecular Hbond substituents is 1. The number of carbonyl (C=O) groups excluding carboxylic acids is 2. The fraction of sp³-hybridized carbons (Fsp3) is 0.789. The largest absolute Gasteiger partial charge is 0.549 e. The number of aliphatic carboxylic acids is 2. The Balaban J connectivity index is 2.75. The molecule has 0 aromatic heterocycles. The second-order valence-electron chi connectivity index (χ2n) is 18.3. The third-order valence-corrected chi connectivity index (χ3v) is 13.8. The molecule has 0 spiro atoms. The van der Waals surface area contributed by atoms with Crippen LogP contribution in [0.3, 0.4) is 0 Å². The minimum Gasteiger partial charge on any atom is -0.549 e. The standard InChI is InChI=1S/C38H64N2O5/c1-15-18-38(39(13)33(5,6)19-16-20-34(39,7)8,40(14)35(9,10)21-17-22-36(40,11)12)37(30(42)43,31(44)45)26-27-23-28(32(2,3)4)25-29(41)24-27/h23-25H,15-22,26H2,1-14H3,(H-2,41,42,43,44,45). The Bertz CT molecular complexity index is 1210. The summed E-state index contributed by atoms with van der Waals surface area (Å²) < 4.78 is 0.466. The molecule has 0 saturated carbocycles. The number of phenols is 1. The predicted molar refractivity (Wildman–Crippen MR) is 177 cm³/mol. The van der Waals surface area contributed by atoms with E-state index in [4.69, 9.17) is 0 Å². The number of quaternary nitrogens is 2. The number of piperidine rings is 2. The van der Waals surface area contributed by atoms with E-state index >= 15 is 0 Å². The van der Waals surface area contributed by atoms with E-state index in [0.717, 1.165) is 44.1 Å². The van der Waals surface area contributed by atoms with Crippen LogP contribution in [0.15, 0.2) is 18.2 Å². The van der Waals surface area contributed by atoms with Gasteiger partial charge in [-0.05, 0) is 103 Å². The number of hydrogen-bond donors (Lipinski definition) is 1. The van der Waals surface area contributed by atoms with Crippen LogP contribution >= 0.6 is 0 Å².